The van der Waals surface area contributed by atoms with Crippen molar-refractivity contribution < 1.29 is 22.8 Å². The lowest BCUT2D eigenvalue weighted by Crippen LogP contribution is -2.40. The minimum Gasteiger partial charge on any atom is -0.350 e. The quantitative estimate of drug-likeness (QED) is 0.705. The highest BCUT2D eigenvalue weighted by Crippen LogP contribution is 2.29. The highest BCUT2D eigenvalue weighted by molar-refractivity contribution is 7.14. The predicted molar refractivity (Wildman–Crippen MR) is 106 cm³/mol. The van der Waals surface area contributed by atoms with Crippen LogP contribution in [0.5, 0.6) is 0 Å². The number of aromatic nitrogens is 1. The van der Waals surface area contributed by atoms with E-state index >= 15 is 0 Å². The lowest BCUT2D eigenvalue weighted by atomic mass is 9.93. The van der Waals surface area contributed by atoms with E-state index in [0.29, 0.717) is 6.54 Å². The first kappa shape index (κ1) is 22.8. The van der Waals surface area contributed by atoms with Crippen molar-refractivity contribution in [2.75, 3.05) is 32.5 Å². The van der Waals surface area contributed by atoms with Crippen LogP contribution in [-0.4, -0.2) is 48.9 Å². The Morgan fingerprint density at radius 3 is 2.48 bits per heavy atom. The second-order valence-electron chi connectivity index (χ2n) is 7.66. The number of nitrogens with one attached hydrogen (secondary N) is 2. The average molecular weight is 428 g/mol. The minimum atomic E-state index is -4.54. The number of amides is 2. The second-order valence-corrected chi connectivity index (χ2v) is 8.51. The molecule has 158 valence electrons. The van der Waals surface area contributed by atoms with Gasteiger partial charge in [0.05, 0.1) is 5.56 Å². The number of hydrogen-bond donors (Lipinski definition) is 2. The summed E-state index contributed by atoms with van der Waals surface area (Å²) < 4.78 is 38.4. The van der Waals surface area contributed by atoms with E-state index in [2.05, 4.69) is 15.6 Å². The highest BCUT2D eigenvalue weighted by atomic mass is 32.1. The lowest BCUT2D eigenvalue weighted by Gasteiger charge is -2.28. The van der Waals surface area contributed by atoms with Crippen LogP contribution in [0.2, 0.25) is 0 Å². The smallest absolute Gasteiger partial charge is 0.350 e. The van der Waals surface area contributed by atoms with Gasteiger partial charge in [0.15, 0.2) is 5.13 Å². The van der Waals surface area contributed by atoms with Crippen molar-refractivity contribution in [3.05, 3.63) is 46.5 Å². The summed E-state index contributed by atoms with van der Waals surface area (Å²) in [4.78, 5) is 30.6. The molecule has 29 heavy (non-hydrogen) atoms. The molecule has 2 rings (SSSR count). The summed E-state index contributed by atoms with van der Waals surface area (Å²) in [5, 5.41) is 6.84. The van der Waals surface area contributed by atoms with E-state index < -0.39 is 17.6 Å². The first-order chi connectivity index (χ1) is 13.4. The van der Waals surface area contributed by atoms with Crippen LogP contribution in [-0.2, 0) is 6.18 Å². The number of carbonyl (C=O) groups excluding carboxylic acids is 2. The summed E-state index contributed by atoms with van der Waals surface area (Å²) in [7, 11) is 3.90. The zero-order chi connectivity index (χ0) is 21.8. The molecule has 0 atom stereocenters. The number of carbonyl (C=O) groups is 2. The Morgan fingerprint density at radius 2 is 1.86 bits per heavy atom. The van der Waals surface area contributed by atoms with Gasteiger partial charge in [-0.25, -0.2) is 4.98 Å². The van der Waals surface area contributed by atoms with Crippen LogP contribution in [0.25, 0.3) is 0 Å². The molecular weight excluding hydrogens is 405 g/mol. The summed E-state index contributed by atoms with van der Waals surface area (Å²) in [6, 6.07) is 4.09. The number of alkyl halides is 3. The van der Waals surface area contributed by atoms with E-state index in [9.17, 15) is 22.8 Å². The number of halogens is 3. The maximum absolute atomic E-state index is 12.8. The Bertz CT molecular complexity index is 878. The number of rotatable bonds is 7. The first-order valence-electron chi connectivity index (χ1n) is 8.74. The van der Waals surface area contributed by atoms with Gasteiger partial charge >= 0.3 is 6.18 Å². The van der Waals surface area contributed by atoms with E-state index in [1.165, 1.54) is 11.4 Å². The lowest BCUT2D eigenvalue weighted by molar-refractivity contribution is -0.137. The number of thiazole rings is 1. The highest BCUT2D eigenvalue weighted by Gasteiger charge is 2.31. The van der Waals surface area contributed by atoms with E-state index in [-0.39, 0.29) is 27.7 Å². The van der Waals surface area contributed by atoms with Gasteiger partial charge in [0, 0.05) is 24.0 Å². The van der Waals surface area contributed by atoms with Crippen LogP contribution in [0, 0.1) is 5.41 Å². The Balaban J connectivity index is 2.00. The summed E-state index contributed by atoms with van der Waals surface area (Å²) in [5.74, 6) is -1.11. The van der Waals surface area contributed by atoms with Gasteiger partial charge in [0.25, 0.3) is 11.8 Å². The molecule has 6 nitrogen and oxygen atoms in total. The van der Waals surface area contributed by atoms with Gasteiger partial charge in [0.1, 0.15) is 5.69 Å². The van der Waals surface area contributed by atoms with E-state index in [1.807, 2.05) is 32.8 Å². The van der Waals surface area contributed by atoms with Crippen molar-refractivity contribution in [3.8, 4) is 0 Å². The molecule has 0 aliphatic rings. The molecular formula is C19H23F3N4O2S. The van der Waals surface area contributed by atoms with Crippen molar-refractivity contribution in [2.24, 2.45) is 5.41 Å². The molecule has 1 aromatic carbocycles. The molecule has 0 bridgehead atoms. The molecule has 0 spiro atoms. The largest absolute Gasteiger partial charge is 0.416 e. The van der Waals surface area contributed by atoms with Crippen LogP contribution in [0.15, 0.2) is 29.6 Å². The average Bonchev–Trinajstić information content (AvgIpc) is 3.06. The first-order valence-corrected chi connectivity index (χ1v) is 9.62. The molecule has 1 heterocycles. The van der Waals surface area contributed by atoms with Crippen molar-refractivity contribution in [2.45, 2.75) is 20.0 Å². The Hall–Kier alpha value is -2.46. The molecule has 2 aromatic rings. The number of nitrogens with zero attached hydrogens (tertiary/aromatic N) is 2. The van der Waals surface area contributed by atoms with Gasteiger partial charge < -0.3 is 10.2 Å². The van der Waals surface area contributed by atoms with Gasteiger partial charge in [-0.2, -0.15) is 13.2 Å². The van der Waals surface area contributed by atoms with E-state index in [1.54, 1.807) is 0 Å². The van der Waals surface area contributed by atoms with Crippen molar-refractivity contribution in [3.63, 3.8) is 0 Å². The SMILES string of the molecule is CN(C)CC(C)(C)CNC(=O)c1csc(NC(=O)c2cccc(C(F)(F)F)c2)n1. The molecule has 0 saturated carbocycles. The molecule has 0 saturated heterocycles. The van der Waals surface area contributed by atoms with Crippen molar-refractivity contribution in [1.82, 2.24) is 15.2 Å². The van der Waals surface area contributed by atoms with Gasteiger partial charge in [-0.15, -0.1) is 11.3 Å². The van der Waals surface area contributed by atoms with E-state index in [0.717, 1.165) is 36.1 Å². The minimum absolute atomic E-state index is 0.130. The Morgan fingerprint density at radius 1 is 1.17 bits per heavy atom. The fraction of sp³-hybridized carbons (Fsp3) is 0.421. The molecule has 0 fully saturated rings. The zero-order valence-corrected chi connectivity index (χ0v) is 17.4. The Labute approximate surface area is 171 Å². The van der Waals surface area contributed by atoms with Gasteiger partial charge in [-0.05, 0) is 37.7 Å². The van der Waals surface area contributed by atoms with Gasteiger partial charge in [0.2, 0.25) is 0 Å². The third kappa shape index (κ3) is 6.82. The number of anilines is 1. The summed E-state index contributed by atoms with van der Waals surface area (Å²) in [6.07, 6.45) is -4.54. The van der Waals surface area contributed by atoms with Gasteiger partial charge in [-0.1, -0.05) is 19.9 Å². The fourth-order valence-corrected chi connectivity index (χ4v) is 3.45. The molecule has 2 amide bonds. The van der Waals surface area contributed by atoms with Crippen molar-refractivity contribution in [1.29, 1.82) is 0 Å². The van der Waals surface area contributed by atoms with E-state index in [4.69, 9.17) is 0 Å². The fourth-order valence-electron chi connectivity index (χ4n) is 2.76. The zero-order valence-electron chi connectivity index (χ0n) is 16.6. The number of hydrogen-bond acceptors (Lipinski definition) is 5. The molecule has 0 aliphatic heterocycles. The standard InChI is InChI=1S/C19H23F3N4O2S/c1-18(2,11-26(3)4)10-23-16(28)14-9-29-17(24-14)25-15(27)12-6-5-7-13(8-12)19(20,21)22/h5-9H,10-11H2,1-4H3,(H,23,28)(H,24,25,27). The van der Waals surface area contributed by atoms with Crippen molar-refractivity contribution >= 4 is 28.3 Å². The van der Waals surface area contributed by atoms with Gasteiger partial charge in [-0.3, -0.25) is 14.9 Å². The third-order valence-corrected chi connectivity index (χ3v) is 4.64. The topological polar surface area (TPSA) is 74.3 Å². The molecule has 1 aromatic heterocycles. The molecule has 10 heteroatoms. The maximum atomic E-state index is 12.8. The summed E-state index contributed by atoms with van der Waals surface area (Å²) in [6.45, 7) is 5.26. The van der Waals surface area contributed by atoms with Crippen LogP contribution in [0.1, 0.15) is 40.3 Å². The maximum Gasteiger partial charge on any atom is 0.416 e. The third-order valence-electron chi connectivity index (χ3n) is 3.88. The second kappa shape index (κ2) is 8.91. The monoisotopic (exact) mass is 428 g/mol. The molecule has 2 N–H and O–H groups in total. The summed E-state index contributed by atoms with van der Waals surface area (Å²) in [5.41, 5.74) is -1.07. The Kier molecular flexibility index (Phi) is 7.02. The van der Waals surface area contributed by atoms with Crippen LogP contribution in [0.4, 0.5) is 18.3 Å². The number of benzene rings is 1. The molecule has 0 radical (unpaired) electrons. The molecule has 0 aliphatic carbocycles. The van der Waals surface area contributed by atoms with Crippen LogP contribution in [0.3, 0.4) is 0 Å². The normalized spacial score (nSPS) is 12.1. The predicted octanol–water partition coefficient (Wildman–Crippen LogP) is 3.73. The molecule has 0 unspecified atom stereocenters. The summed E-state index contributed by atoms with van der Waals surface area (Å²) >= 11 is 1.02. The van der Waals surface area contributed by atoms with Crippen LogP contribution >= 0.6 is 11.3 Å². The van der Waals surface area contributed by atoms with Crippen LogP contribution < -0.4 is 10.6 Å².